The van der Waals surface area contributed by atoms with Gasteiger partial charge in [-0.25, -0.2) is 0 Å². The highest BCUT2D eigenvalue weighted by molar-refractivity contribution is 5.60. The maximum atomic E-state index is 5.83. The molecule has 2 aromatic carbocycles. The molecule has 0 amide bonds. The van der Waals surface area contributed by atoms with Gasteiger partial charge in [0.15, 0.2) is 11.5 Å². The Labute approximate surface area is 111 Å². The Morgan fingerprint density at radius 2 is 1.74 bits per heavy atom. The number of nitrogens with zero attached hydrogens (tertiary/aromatic N) is 1. The molecule has 0 saturated carbocycles. The zero-order valence-electron chi connectivity index (χ0n) is 10.4. The quantitative estimate of drug-likeness (QED) is 0.794. The molecule has 0 fully saturated rings. The van der Waals surface area contributed by atoms with Gasteiger partial charge in [0.2, 0.25) is 6.79 Å². The lowest BCUT2D eigenvalue weighted by Crippen LogP contribution is -2.14. The largest absolute Gasteiger partial charge is 0.454 e. The van der Waals surface area contributed by atoms with Gasteiger partial charge in [-0.05, 0) is 35.4 Å². The van der Waals surface area contributed by atoms with Gasteiger partial charge < -0.3 is 20.1 Å². The fourth-order valence-corrected chi connectivity index (χ4v) is 2.68. The summed E-state index contributed by atoms with van der Waals surface area (Å²) < 4.78 is 10.8. The SMILES string of the molecule is Nc1ccc2c(c1)CN(c1ccc3c(c1)OCO3)C2. The normalized spacial score (nSPS) is 15.7. The predicted molar refractivity (Wildman–Crippen MR) is 73.3 cm³/mol. The number of nitrogens with two attached hydrogens (primary N) is 1. The van der Waals surface area contributed by atoms with Crippen LogP contribution in [0.3, 0.4) is 0 Å². The van der Waals surface area contributed by atoms with Crippen LogP contribution in [0.5, 0.6) is 11.5 Å². The number of ether oxygens (including phenoxy) is 2. The van der Waals surface area contributed by atoms with Crippen LogP contribution >= 0.6 is 0 Å². The maximum absolute atomic E-state index is 5.83. The van der Waals surface area contributed by atoms with Crippen molar-refractivity contribution in [2.75, 3.05) is 17.4 Å². The molecular formula is C15H14N2O2. The zero-order valence-corrected chi connectivity index (χ0v) is 10.4. The van der Waals surface area contributed by atoms with Crippen molar-refractivity contribution in [3.05, 3.63) is 47.5 Å². The molecule has 2 N–H and O–H groups in total. The van der Waals surface area contributed by atoms with Crippen LogP contribution in [0.15, 0.2) is 36.4 Å². The van der Waals surface area contributed by atoms with Gasteiger partial charge in [0.25, 0.3) is 0 Å². The van der Waals surface area contributed by atoms with E-state index in [2.05, 4.69) is 23.1 Å². The van der Waals surface area contributed by atoms with E-state index in [1.54, 1.807) is 0 Å². The molecule has 2 aromatic rings. The van der Waals surface area contributed by atoms with Gasteiger partial charge in [0.1, 0.15) is 0 Å². The van der Waals surface area contributed by atoms with Crippen LogP contribution in [0.4, 0.5) is 11.4 Å². The molecule has 0 unspecified atom stereocenters. The van der Waals surface area contributed by atoms with Crippen LogP contribution in [0.2, 0.25) is 0 Å². The highest BCUT2D eigenvalue weighted by atomic mass is 16.7. The number of nitrogen functional groups attached to an aromatic ring is 1. The molecule has 0 spiro atoms. The second-order valence-electron chi connectivity index (χ2n) is 4.92. The predicted octanol–water partition coefficient (Wildman–Crippen LogP) is 2.52. The summed E-state index contributed by atoms with van der Waals surface area (Å²) >= 11 is 0. The number of hydrogen-bond acceptors (Lipinski definition) is 4. The first-order valence-electron chi connectivity index (χ1n) is 6.31. The highest BCUT2D eigenvalue weighted by Gasteiger charge is 2.21. The Morgan fingerprint density at radius 3 is 2.68 bits per heavy atom. The van der Waals surface area contributed by atoms with Crippen molar-refractivity contribution in [2.45, 2.75) is 13.1 Å². The van der Waals surface area contributed by atoms with E-state index in [0.717, 1.165) is 36.0 Å². The minimum atomic E-state index is 0.315. The molecule has 0 atom stereocenters. The van der Waals surface area contributed by atoms with Crippen molar-refractivity contribution in [1.82, 2.24) is 0 Å². The van der Waals surface area contributed by atoms with Gasteiger partial charge in [-0.3, -0.25) is 0 Å². The van der Waals surface area contributed by atoms with E-state index in [1.165, 1.54) is 11.1 Å². The van der Waals surface area contributed by atoms with Crippen molar-refractivity contribution >= 4 is 11.4 Å². The van der Waals surface area contributed by atoms with Gasteiger partial charge in [0.05, 0.1) is 0 Å². The molecule has 0 aromatic heterocycles. The minimum absolute atomic E-state index is 0.315. The molecule has 4 heteroatoms. The van der Waals surface area contributed by atoms with Gasteiger partial charge in [-0.1, -0.05) is 6.07 Å². The lowest BCUT2D eigenvalue weighted by molar-refractivity contribution is 0.174. The topological polar surface area (TPSA) is 47.7 Å². The lowest BCUT2D eigenvalue weighted by atomic mass is 10.1. The first-order chi connectivity index (χ1) is 9.29. The molecule has 4 rings (SSSR count). The van der Waals surface area contributed by atoms with Crippen molar-refractivity contribution in [2.24, 2.45) is 0 Å². The Morgan fingerprint density at radius 1 is 0.895 bits per heavy atom. The first kappa shape index (κ1) is 10.6. The number of rotatable bonds is 1. The molecule has 0 aliphatic carbocycles. The third-order valence-electron chi connectivity index (χ3n) is 3.67. The van der Waals surface area contributed by atoms with Gasteiger partial charge in [0, 0.05) is 30.5 Å². The van der Waals surface area contributed by atoms with Crippen molar-refractivity contribution in [1.29, 1.82) is 0 Å². The molecule has 2 aliphatic heterocycles. The monoisotopic (exact) mass is 254 g/mol. The van der Waals surface area contributed by atoms with E-state index in [9.17, 15) is 0 Å². The van der Waals surface area contributed by atoms with E-state index in [1.807, 2.05) is 18.2 Å². The van der Waals surface area contributed by atoms with Crippen molar-refractivity contribution in [3.63, 3.8) is 0 Å². The fraction of sp³-hybridized carbons (Fsp3) is 0.200. The van der Waals surface area contributed by atoms with Gasteiger partial charge in [-0.2, -0.15) is 0 Å². The van der Waals surface area contributed by atoms with Crippen LogP contribution < -0.4 is 20.1 Å². The third-order valence-corrected chi connectivity index (χ3v) is 3.67. The highest BCUT2D eigenvalue weighted by Crippen LogP contribution is 2.38. The van der Waals surface area contributed by atoms with E-state index in [-0.39, 0.29) is 0 Å². The van der Waals surface area contributed by atoms with Gasteiger partial charge in [-0.15, -0.1) is 0 Å². The number of fused-ring (bicyclic) bond motifs is 2. The van der Waals surface area contributed by atoms with Crippen LogP contribution in [0.1, 0.15) is 11.1 Å². The van der Waals surface area contributed by atoms with Crippen molar-refractivity contribution < 1.29 is 9.47 Å². The third kappa shape index (κ3) is 1.68. The Bertz CT molecular complexity index is 655. The average Bonchev–Trinajstić information content (AvgIpc) is 3.02. The lowest BCUT2D eigenvalue weighted by Gasteiger charge is -2.17. The number of anilines is 2. The number of hydrogen-bond donors (Lipinski definition) is 1. The van der Waals surface area contributed by atoms with Crippen LogP contribution in [0.25, 0.3) is 0 Å². The molecule has 0 radical (unpaired) electrons. The van der Waals surface area contributed by atoms with Crippen LogP contribution in [-0.4, -0.2) is 6.79 Å². The Hall–Kier alpha value is -2.36. The second-order valence-corrected chi connectivity index (χ2v) is 4.92. The second kappa shape index (κ2) is 3.82. The summed E-state index contributed by atoms with van der Waals surface area (Å²) in [7, 11) is 0. The molecule has 96 valence electrons. The Balaban J connectivity index is 1.65. The molecule has 19 heavy (non-hydrogen) atoms. The summed E-state index contributed by atoms with van der Waals surface area (Å²) in [4.78, 5) is 2.31. The molecular weight excluding hydrogens is 240 g/mol. The molecule has 2 aliphatic rings. The zero-order chi connectivity index (χ0) is 12.8. The van der Waals surface area contributed by atoms with E-state index < -0.39 is 0 Å². The summed E-state index contributed by atoms with van der Waals surface area (Å²) in [6.07, 6.45) is 0. The van der Waals surface area contributed by atoms with Crippen LogP contribution in [-0.2, 0) is 13.1 Å². The summed E-state index contributed by atoms with van der Waals surface area (Å²) in [6, 6.07) is 12.2. The van der Waals surface area contributed by atoms with Crippen LogP contribution in [0, 0.1) is 0 Å². The summed E-state index contributed by atoms with van der Waals surface area (Å²) in [6.45, 7) is 2.12. The van der Waals surface area contributed by atoms with E-state index in [0.29, 0.717) is 6.79 Å². The molecule has 0 saturated heterocycles. The summed E-state index contributed by atoms with van der Waals surface area (Å²) in [5.41, 5.74) is 10.5. The summed E-state index contributed by atoms with van der Waals surface area (Å²) in [5, 5.41) is 0. The molecule has 4 nitrogen and oxygen atoms in total. The summed E-state index contributed by atoms with van der Waals surface area (Å²) in [5.74, 6) is 1.65. The van der Waals surface area contributed by atoms with E-state index >= 15 is 0 Å². The minimum Gasteiger partial charge on any atom is -0.454 e. The smallest absolute Gasteiger partial charge is 0.231 e. The Kier molecular flexibility index (Phi) is 2.12. The van der Waals surface area contributed by atoms with Crippen molar-refractivity contribution in [3.8, 4) is 11.5 Å². The fourth-order valence-electron chi connectivity index (χ4n) is 2.68. The standard InChI is InChI=1S/C15H14N2O2/c16-12-2-1-10-7-17(8-11(10)5-12)13-3-4-14-15(6-13)19-9-18-14/h1-6H,7-9,16H2. The maximum Gasteiger partial charge on any atom is 0.231 e. The van der Waals surface area contributed by atoms with Gasteiger partial charge >= 0.3 is 0 Å². The average molecular weight is 254 g/mol. The first-order valence-corrected chi connectivity index (χ1v) is 6.31. The van der Waals surface area contributed by atoms with E-state index in [4.69, 9.17) is 15.2 Å². The molecule has 2 heterocycles. The number of benzene rings is 2. The molecule has 0 bridgehead atoms.